The molecule has 1 heterocycles. The molecule has 0 bridgehead atoms. The number of hydrogen-bond donors (Lipinski definition) is 1. The quantitative estimate of drug-likeness (QED) is 0.906. The molecule has 0 fully saturated rings. The van der Waals surface area contributed by atoms with Crippen molar-refractivity contribution in [1.82, 2.24) is 9.59 Å². The van der Waals surface area contributed by atoms with Crippen molar-refractivity contribution in [2.24, 2.45) is 0 Å². The van der Waals surface area contributed by atoms with Crippen molar-refractivity contribution < 1.29 is 9.84 Å². The monoisotopic (exact) mass is 342 g/mol. The van der Waals surface area contributed by atoms with Gasteiger partial charge in [-0.3, -0.25) is 0 Å². The molecule has 0 aliphatic rings. The van der Waals surface area contributed by atoms with Crippen molar-refractivity contribution in [3.05, 3.63) is 38.8 Å². The first kappa shape index (κ1) is 14.4. The first-order valence-corrected chi connectivity index (χ1v) is 7.54. The maximum Gasteiger partial charge on any atom is 0.122 e. The molecule has 1 aromatic heterocycles. The average molecular weight is 343 g/mol. The Kier molecular flexibility index (Phi) is 4.90. The number of nitrogens with zero attached hydrogens (tertiary/aromatic N) is 2. The van der Waals surface area contributed by atoms with E-state index in [2.05, 4.69) is 25.5 Å². The largest absolute Gasteiger partial charge is 0.496 e. The highest BCUT2D eigenvalue weighted by molar-refractivity contribution is 9.10. The van der Waals surface area contributed by atoms with E-state index >= 15 is 0 Å². The van der Waals surface area contributed by atoms with Crippen molar-refractivity contribution in [3.8, 4) is 5.75 Å². The predicted molar refractivity (Wildman–Crippen MR) is 78.6 cm³/mol. The van der Waals surface area contributed by atoms with Gasteiger partial charge in [0.15, 0.2) is 0 Å². The molecule has 2 rings (SSSR count). The van der Waals surface area contributed by atoms with E-state index < -0.39 is 6.10 Å². The molecule has 1 N–H and O–H groups in total. The Balaban J connectivity index is 2.23. The normalized spacial score (nSPS) is 12.4. The van der Waals surface area contributed by atoms with Crippen LogP contribution in [0.3, 0.4) is 0 Å². The number of aromatic nitrogens is 2. The lowest BCUT2D eigenvalue weighted by molar-refractivity contribution is 0.180. The van der Waals surface area contributed by atoms with Gasteiger partial charge in [0.05, 0.1) is 23.8 Å². The molecule has 102 valence electrons. The Hall–Kier alpha value is -0.980. The number of aliphatic hydroxyl groups excluding tert-OH is 1. The minimum Gasteiger partial charge on any atom is -0.496 e. The fourth-order valence-corrected chi connectivity index (χ4v) is 3.05. The van der Waals surface area contributed by atoms with Crippen LogP contribution in [0.4, 0.5) is 0 Å². The Morgan fingerprint density at radius 2 is 2.26 bits per heavy atom. The fourth-order valence-electron chi connectivity index (χ4n) is 1.92. The van der Waals surface area contributed by atoms with Gasteiger partial charge in [0, 0.05) is 10.9 Å². The van der Waals surface area contributed by atoms with E-state index in [0.717, 1.165) is 32.8 Å². The maximum absolute atomic E-state index is 10.3. The summed E-state index contributed by atoms with van der Waals surface area (Å²) in [5.74, 6) is 0.776. The van der Waals surface area contributed by atoms with Crippen LogP contribution < -0.4 is 4.74 Å². The van der Waals surface area contributed by atoms with Gasteiger partial charge >= 0.3 is 0 Å². The van der Waals surface area contributed by atoms with E-state index in [1.54, 1.807) is 7.11 Å². The summed E-state index contributed by atoms with van der Waals surface area (Å²) in [6, 6.07) is 5.76. The minimum absolute atomic E-state index is 0.486. The molecule has 1 aromatic carbocycles. The molecule has 6 heteroatoms. The van der Waals surface area contributed by atoms with Crippen LogP contribution in [0.5, 0.6) is 5.75 Å². The van der Waals surface area contributed by atoms with E-state index in [1.165, 1.54) is 11.5 Å². The van der Waals surface area contributed by atoms with Gasteiger partial charge in [-0.2, -0.15) is 0 Å². The highest BCUT2D eigenvalue weighted by Gasteiger charge is 2.18. The molecule has 0 amide bonds. The standard InChI is InChI=1S/C13H15BrN2O2S/c1-3-10-13(19-16-15-10)11(17)7-8-6-9(14)4-5-12(8)18-2/h4-6,11,17H,3,7H2,1-2H3. The van der Waals surface area contributed by atoms with E-state index in [0.29, 0.717) is 6.42 Å². The predicted octanol–water partition coefficient (Wildman–Crippen LogP) is 3.15. The zero-order valence-electron chi connectivity index (χ0n) is 10.8. The Bertz CT molecular complexity index is 559. The summed E-state index contributed by atoms with van der Waals surface area (Å²) in [5, 5.41) is 14.4. The van der Waals surface area contributed by atoms with Gasteiger partial charge in [0.25, 0.3) is 0 Å². The molecule has 1 unspecified atom stereocenters. The van der Waals surface area contributed by atoms with E-state index in [4.69, 9.17) is 4.74 Å². The van der Waals surface area contributed by atoms with Crippen molar-refractivity contribution in [3.63, 3.8) is 0 Å². The minimum atomic E-state index is -0.599. The lowest BCUT2D eigenvalue weighted by Crippen LogP contribution is -2.04. The molecule has 0 saturated heterocycles. The lowest BCUT2D eigenvalue weighted by atomic mass is 10.0. The van der Waals surface area contributed by atoms with Gasteiger partial charge in [-0.1, -0.05) is 27.3 Å². The summed E-state index contributed by atoms with van der Waals surface area (Å²) >= 11 is 4.69. The second-order valence-electron chi connectivity index (χ2n) is 4.11. The lowest BCUT2D eigenvalue weighted by Gasteiger charge is -2.13. The van der Waals surface area contributed by atoms with Crippen LogP contribution in [0.1, 0.15) is 29.2 Å². The highest BCUT2D eigenvalue weighted by Crippen LogP contribution is 2.30. The molecule has 19 heavy (non-hydrogen) atoms. The van der Waals surface area contributed by atoms with Gasteiger partial charge in [-0.05, 0) is 41.7 Å². The number of aryl methyl sites for hydroxylation is 1. The summed E-state index contributed by atoms with van der Waals surface area (Å²) in [5.41, 5.74) is 1.83. The van der Waals surface area contributed by atoms with Crippen molar-refractivity contribution in [2.45, 2.75) is 25.9 Å². The highest BCUT2D eigenvalue weighted by atomic mass is 79.9. The van der Waals surface area contributed by atoms with E-state index in [-0.39, 0.29) is 0 Å². The van der Waals surface area contributed by atoms with Gasteiger partial charge in [0.1, 0.15) is 5.75 Å². The molecule has 0 radical (unpaired) electrons. The Morgan fingerprint density at radius 1 is 1.47 bits per heavy atom. The first-order chi connectivity index (χ1) is 9.15. The molecular formula is C13H15BrN2O2S. The van der Waals surface area contributed by atoms with Crippen LogP contribution >= 0.6 is 27.5 Å². The van der Waals surface area contributed by atoms with Crippen LogP contribution in [0.15, 0.2) is 22.7 Å². The number of benzene rings is 1. The summed E-state index contributed by atoms with van der Waals surface area (Å²) in [7, 11) is 1.63. The van der Waals surface area contributed by atoms with E-state index in [9.17, 15) is 5.11 Å². The summed E-state index contributed by atoms with van der Waals surface area (Å²) in [6.07, 6.45) is 0.663. The number of hydrogen-bond acceptors (Lipinski definition) is 5. The number of rotatable bonds is 5. The average Bonchev–Trinajstić information content (AvgIpc) is 2.87. The number of halogens is 1. The maximum atomic E-state index is 10.3. The van der Waals surface area contributed by atoms with Crippen LogP contribution in [-0.4, -0.2) is 21.8 Å². The molecule has 1 atom stereocenters. The summed E-state index contributed by atoms with van der Waals surface area (Å²) in [4.78, 5) is 0.838. The zero-order chi connectivity index (χ0) is 13.8. The van der Waals surface area contributed by atoms with Gasteiger partial charge < -0.3 is 9.84 Å². The van der Waals surface area contributed by atoms with E-state index in [1.807, 2.05) is 25.1 Å². The SMILES string of the molecule is CCc1nnsc1C(O)Cc1cc(Br)ccc1OC. The molecule has 2 aromatic rings. The molecule has 0 spiro atoms. The Labute approximate surface area is 124 Å². The molecule has 0 saturated carbocycles. The molecule has 0 aliphatic carbocycles. The second kappa shape index (κ2) is 6.45. The van der Waals surface area contributed by atoms with Gasteiger partial charge in [0.2, 0.25) is 0 Å². The Morgan fingerprint density at radius 3 is 2.95 bits per heavy atom. The van der Waals surface area contributed by atoms with Crippen molar-refractivity contribution >= 4 is 27.5 Å². The number of ether oxygens (including phenoxy) is 1. The third kappa shape index (κ3) is 3.32. The van der Waals surface area contributed by atoms with Crippen LogP contribution in [0.25, 0.3) is 0 Å². The van der Waals surface area contributed by atoms with Crippen LogP contribution in [0.2, 0.25) is 0 Å². The molecule has 4 nitrogen and oxygen atoms in total. The number of aliphatic hydroxyl groups is 1. The smallest absolute Gasteiger partial charge is 0.122 e. The fraction of sp³-hybridized carbons (Fsp3) is 0.385. The van der Waals surface area contributed by atoms with Crippen molar-refractivity contribution in [2.75, 3.05) is 7.11 Å². The number of methoxy groups -OCH3 is 1. The zero-order valence-corrected chi connectivity index (χ0v) is 13.2. The van der Waals surface area contributed by atoms with Gasteiger partial charge in [-0.25, -0.2) is 0 Å². The third-order valence-corrected chi connectivity index (χ3v) is 4.24. The molecule has 0 aliphatic heterocycles. The molecular weight excluding hydrogens is 328 g/mol. The van der Waals surface area contributed by atoms with Crippen molar-refractivity contribution in [1.29, 1.82) is 0 Å². The second-order valence-corrected chi connectivity index (χ2v) is 5.81. The topological polar surface area (TPSA) is 55.2 Å². The van der Waals surface area contributed by atoms with Crippen LogP contribution in [0, 0.1) is 0 Å². The third-order valence-electron chi connectivity index (χ3n) is 2.88. The van der Waals surface area contributed by atoms with Crippen LogP contribution in [-0.2, 0) is 12.8 Å². The first-order valence-electron chi connectivity index (χ1n) is 5.97. The van der Waals surface area contributed by atoms with Gasteiger partial charge in [-0.15, -0.1) is 5.10 Å². The summed E-state index contributed by atoms with van der Waals surface area (Å²) < 4.78 is 10.2. The summed E-state index contributed by atoms with van der Waals surface area (Å²) in [6.45, 7) is 2.01.